The summed E-state index contributed by atoms with van der Waals surface area (Å²) in [6, 6.07) is 8.29. The summed E-state index contributed by atoms with van der Waals surface area (Å²) in [4.78, 5) is 0. The van der Waals surface area contributed by atoms with Crippen LogP contribution in [-0.4, -0.2) is 10.7 Å². The molecule has 0 nitrogen and oxygen atoms in total. The third-order valence-electron chi connectivity index (χ3n) is 3.49. The summed E-state index contributed by atoms with van der Waals surface area (Å²) in [5, 5.41) is 2.75. The Morgan fingerprint density at radius 1 is 1.17 bits per heavy atom. The molecule has 0 amide bonds. The third-order valence-corrected chi connectivity index (χ3v) is 5.89. The molecule has 0 fully saturated rings. The van der Waals surface area contributed by atoms with Crippen LogP contribution >= 0.6 is 43.5 Å². The minimum Gasteiger partial charge on any atom is -0.0918 e. The fourth-order valence-corrected chi connectivity index (χ4v) is 4.64. The summed E-state index contributed by atoms with van der Waals surface area (Å²) in [7, 11) is 0. The van der Waals surface area contributed by atoms with Gasteiger partial charge in [0.2, 0.25) is 0 Å². The highest BCUT2D eigenvalue weighted by molar-refractivity contribution is 9.09. The molecule has 1 aromatic carbocycles. The fraction of sp³-hybridized carbons (Fsp3) is 0.600. The second kappa shape index (κ2) is 7.91. The lowest BCUT2D eigenvalue weighted by Crippen LogP contribution is -2.32. The van der Waals surface area contributed by atoms with Crippen molar-refractivity contribution < 1.29 is 0 Å². The molecule has 0 aromatic heterocycles. The quantitative estimate of drug-likeness (QED) is 0.482. The van der Waals surface area contributed by atoms with Crippen molar-refractivity contribution in [1.82, 2.24) is 0 Å². The number of halogens is 3. The molecule has 0 saturated carbocycles. The van der Waals surface area contributed by atoms with Gasteiger partial charge < -0.3 is 0 Å². The smallest absolute Gasteiger partial charge is 0.0406 e. The maximum absolute atomic E-state index is 5.98. The predicted octanol–water partition coefficient (Wildman–Crippen LogP) is 6.19. The molecule has 1 unspecified atom stereocenters. The van der Waals surface area contributed by atoms with E-state index in [9.17, 15) is 0 Å². The van der Waals surface area contributed by atoms with E-state index in [1.807, 2.05) is 12.1 Å². The monoisotopic (exact) mass is 394 g/mol. The van der Waals surface area contributed by atoms with Gasteiger partial charge in [0.05, 0.1) is 0 Å². The number of hydrogen-bond acceptors (Lipinski definition) is 0. The molecule has 0 aliphatic heterocycles. The highest BCUT2D eigenvalue weighted by atomic mass is 79.9. The average Bonchev–Trinajstić information content (AvgIpc) is 2.37. The molecule has 0 spiro atoms. The van der Waals surface area contributed by atoms with Gasteiger partial charge in [0.25, 0.3) is 0 Å². The van der Waals surface area contributed by atoms with E-state index in [0.29, 0.717) is 0 Å². The molecule has 0 saturated heterocycles. The van der Waals surface area contributed by atoms with Crippen molar-refractivity contribution >= 4 is 43.5 Å². The summed E-state index contributed by atoms with van der Waals surface area (Å²) in [5.74, 6) is 0.737. The molecule has 1 aromatic rings. The van der Waals surface area contributed by atoms with Crippen LogP contribution in [0, 0.1) is 5.92 Å². The molecule has 0 radical (unpaired) electrons. The van der Waals surface area contributed by atoms with Gasteiger partial charge in [-0.15, -0.1) is 0 Å². The first-order valence-electron chi connectivity index (χ1n) is 6.46. The van der Waals surface area contributed by atoms with E-state index in [1.54, 1.807) is 0 Å². The van der Waals surface area contributed by atoms with Crippen molar-refractivity contribution in [1.29, 1.82) is 0 Å². The zero-order valence-corrected chi connectivity index (χ0v) is 15.0. The maximum atomic E-state index is 5.98. The summed E-state index contributed by atoms with van der Waals surface area (Å²) in [6.07, 6.45) is 3.73. The van der Waals surface area contributed by atoms with Crippen molar-refractivity contribution in [2.75, 3.05) is 10.7 Å². The molecule has 0 aliphatic carbocycles. The summed E-state index contributed by atoms with van der Waals surface area (Å²) >= 11 is 13.4. The maximum Gasteiger partial charge on any atom is 0.0406 e. The topological polar surface area (TPSA) is 0 Å². The molecular formula is C15H21Br2Cl. The van der Waals surface area contributed by atoms with Gasteiger partial charge in [-0.25, -0.2) is 0 Å². The van der Waals surface area contributed by atoms with E-state index in [1.165, 1.54) is 24.8 Å². The van der Waals surface area contributed by atoms with Crippen LogP contribution in [0.5, 0.6) is 0 Å². The normalized spacial score (nSPS) is 13.6. The van der Waals surface area contributed by atoms with Crippen LogP contribution in [0.3, 0.4) is 0 Å². The lowest BCUT2D eigenvalue weighted by molar-refractivity contribution is 0.374. The van der Waals surface area contributed by atoms with Gasteiger partial charge in [-0.05, 0) is 30.0 Å². The van der Waals surface area contributed by atoms with Gasteiger partial charge >= 0.3 is 0 Å². The van der Waals surface area contributed by atoms with Gasteiger partial charge in [-0.3, -0.25) is 0 Å². The van der Waals surface area contributed by atoms with Gasteiger partial charge in [0.15, 0.2) is 0 Å². The van der Waals surface area contributed by atoms with Crippen LogP contribution in [0.1, 0.15) is 38.7 Å². The van der Waals surface area contributed by atoms with Gasteiger partial charge in [-0.2, -0.15) is 0 Å². The molecule has 0 N–H and O–H groups in total. The number of hydrogen-bond donors (Lipinski definition) is 0. The SMILES string of the molecule is CCCC(C)CC(CBr)(CBr)c1ccc(Cl)cc1. The van der Waals surface area contributed by atoms with Crippen LogP contribution in [-0.2, 0) is 5.41 Å². The standard InChI is InChI=1S/C15H21Br2Cl/c1-3-4-12(2)9-15(10-16,11-17)13-5-7-14(18)8-6-13/h5-8,12H,3-4,9-11H2,1-2H3. The van der Waals surface area contributed by atoms with Crippen LogP contribution < -0.4 is 0 Å². The van der Waals surface area contributed by atoms with Gasteiger partial charge in [-0.1, -0.05) is 82.3 Å². The molecule has 0 bridgehead atoms. The van der Waals surface area contributed by atoms with Gasteiger partial charge in [0, 0.05) is 21.1 Å². The van der Waals surface area contributed by atoms with Crippen molar-refractivity contribution in [3.05, 3.63) is 34.9 Å². The second-order valence-electron chi connectivity index (χ2n) is 5.15. The molecule has 0 aliphatic rings. The first kappa shape index (κ1) is 16.5. The van der Waals surface area contributed by atoms with E-state index >= 15 is 0 Å². The highest BCUT2D eigenvalue weighted by Gasteiger charge is 2.31. The van der Waals surface area contributed by atoms with E-state index in [-0.39, 0.29) is 5.41 Å². The summed E-state index contributed by atoms with van der Waals surface area (Å²) < 4.78 is 0. The molecule has 18 heavy (non-hydrogen) atoms. The number of alkyl halides is 2. The van der Waals surface area contributed by atoms with E-state index in [4.69, 9.17) is 11.6 Å². The molecular weight excluding hydrogens is 375 g/mol. The summed E-state index contributed by atoms with van der Waals surface area (Å²) in [6.45, 7) is 4.60. The third kappa shape index (κ3) is 4.25. The Morgan fingerprint density at radius 3 is 2.17 bits per heavy atom. The Bertz CT molecular complexity index is 344. The molecule has 3 heteroatoms. The van der Waals surface area contributed by atoms with Crippen molar-refractivity contribution in [3.8, 4) is 0 Å². The average molecular weight is 397 g/mol. The lowest BCUT2D eigenvalue weighted by atomic mass is 9.76. The Hall–Kier alpha value is 0.470. The Labute approximate surface area is 133 Å². The first-order chi connectivity index (χ1) is 8.57. The Kier molecular flexibility index (Phi) is 7.27. The minimum absolute atomic E-state index is 0.166. The molecule has 1 atom stereocenters. The summed E-state index contributed by atoms with van der Waals surface area (Å²) in [5.41, 5.74) is 1.53. The zero-order valence-electron chi connectivity index (χ0n) is 11.1. The lowest BCUT2D eigenvalue weighted by Gasteiger charge is -2.33. The number of rotatable bonds is 7. The number of benzene rings is 1. The highest BCUT2D eigenvalue weighted by Crippen LogP contribution is 2.36. The molecule has 1 rings (SSSR count). The van der Waals surface area contributed by atoms with Crippen molar-refractivity contribution in [2.24, 2.45) is 5.92 Å². The Balaban J connectivity index is 2.95. The molecule has 0 heterocycles. The van der Waals surface area contributed by atoms with Crippen LogP contribution in [0.15, 0.2) is 24.3 Å². The minimum atomic E-state index is 0.166. The van der Waals surface area contributed by atoms with Gasteiger partial charge in [0.1, 0.15) is 0 Å². The predicted molar refractivity (Wildman–Crippen MR) is 89.4 cm³/mol. The van der Waals surface area contributed by atoms with Crippen molar-refractivity contribution in [3.63, 3.8) is 0 Å². The largest absolute Gasteiger partial charge is 0.0918 e. The zero-order chi connectivity index (χ0) is 13.6. The van der Waals surface area contributed by atoms with Crippen LogP contribution in [0.4, 0.5) is 0 Å². The Morgan fingerprint density at radius 2 is 1.72 bits per heavy atom. The molecule has 102 valence electrons. The van der Waals surface area contributed by atoms with Crippen LogP contribution in [0.25, 0.3) is 0 Å². The second-order valence-corrected chi connectivity index (χ2v) is 6.71. The van der Waals surface area contributed by atoms with E-state index in [0.717, 1.165) is 21.6 Å². The van der Waals surface area contributed by atoms with E-state index in [2.05, 4.69) is 57.8 Å². The van der Waals surface area contributed by atoms with Crippen LogP contribution in [0.2, 0.25) is 5.02 Å². The first-order valence-corrected chi connectivity index (χ1v) is 9.08. The van der Waals surface area contributed by atoms with Crippen molar-refractivity contribution in [2.45, 2.75) is 38.5 Å². The fourth-order valence-electron chi connectivity index (χ4n) is 2.48. The van der Waals surface area contributed by atoms with E-state index < -0.39 is 0 Å².